The van der Waals surface area contributed by atoms with E-state index in [4.69, 9.17) is 11.6 Å². The zero-order valence-electron chi connectivity index (χ0n) is 20.1. The van der Waals surface area contributed by atoms with Crippen LogP contribution in [0.4, 0.5) is 11.4 Å². The van der Waals surface area contributed by atoms with Crippen molar-refractivity contribution in [2.24, 2.45) is 0 Å². The molecule has 1 saturated heterocycles. The van der Waals surface area contributed by atoms with Gasteiger partial charge in [-0.05, 0) is 61.9 Å². The summed E-state index contributed by atoms with van der Waals surface area (Å²) in [7, 11) is -3.93. The number of fused-ring (bicyclic) bond motifs is 2. The Hall–Kier alpha value is -3.36. The van der Waals surface area contributed by atoms with E-state index in [-0.39, 0.29) is 33.5 Å². The molecule has 0 aromatic heterocycles. The third-order valence-corrected chi connectivity index (χ3v) is 8.93. The molecule has 5 rings (SSSR count). The van der Waals surface area contributed by atoms with Gasteiger partial charge in [-0.15, -0.1) is 0 Å². The Bertz CT molecular complexity index is 1480. The minimum Gasteiger partial charge on any atom is -0.368 e. The number of piperazine rings is 1. The Morgan fingerprint density at radius 1 is 0.917 bits per heavy atom. The van der Waals surface area contributed by atoms with Gasteiger partial charge in [0.1, 0.15) is 0 Å². The Kier molecular flexibility index (Phi) is 6.26. The lowest BCUT2D eigenvalue weighted by Gasteiger charge is -2.37. The minimum atomic E-state index is -3.93. The normalized spacial score (nSPS) is 16.9. The number of hydrogen-bond donors (Lipinski definition) is 0. The molecule has 0 bridgehead atoms. The van der Waals surface area contributed by atoms with Crippen molar-refractivity contribution in [2.45, 2.75) is 23.6 Å². The third kappa shape index (κ3) is 4.04. The highest BCUT2D eigenvalue weighted by Crippen LogP contribution is 2.37. The molecule has 9 heteroatoms. The number of hydrogen-bond acceptors (Lipinski definition) is 5. The molecule has 0 atom stereocenters. The standard InChI is InChI=1S/C27H26ClN3O4S/c1-3-31-23-16-19(9-11-25(23)36(34,35)24-7-5-4-6-21(24)27(31)33)26(32)30-14-12-29(13-15-30)22-17-20(28)10-8-18(22)2/h4-11,16-17H,3,12-15H2,1-2H3. The Morgan fingerprint density at radius 3 is 2.36 bits per heavy atom. The number of carbonyl (C=O) groups excluding carboxylic acids is 2. The van der Waals surface area contributed by atoms with Crippen LogP contribution in [0.3, 0.4) is 0 Å². The summed E-state index contributed by atoms with van der Waals surface area (Å²) in [6.07, 6.45) is 0. The Labute approximate surface area is 215 Å². The van der Waals surface area contributed by atoms with Crippen molar-refractivity contribution in [2.75, 3.05) is 42.5 Å². The number of rotatable bonds is 3. The molecule has 2 amide bonds. The van der Waals surface area contributed by atoms with Crippen molar-refractivity contribution in [3.8, 4) is 0 Å². The molecule has 0 unspecified atom stereocenters. The van der Waals surface area contributed by atoms with Crippen LogP contribution in [0.1, 0.15) is 33.2 Å². The topological polar surface area (TPSA) is 78.0 Å². The van der Waals surface area contributed by atoms with Gasteiger partial charge in [-0.2, -0.15) is 0 Å². The van der Waals surface area contributed by atoms with E-state index in [0.29, 0.717) is 36.8 Å². The third-order valence-electron chi connectivity index (χ3n) is 6.83. The average Bonchev–Trinajstić information content (AvgIpc) is 2.96. The molecule has 2 heterocycles. The van der Waals surface area contributed by atoms with E-state index in [0.717, 1.165) is 11.3 Å². The van der Waals surface area contributed by atoms with Gasteiger partial charge in [0.25, 0.3) is 11.8 Å². The molecule has 0 N–H and O–H groups in total. The van der Waals surface area contributed by atoms with Crippen LogP contribution in [0, 0.1) is 6.92 Å². The van der Waals surface area contributed by atoms with Crippen molar-refractivity contribution in [1.82, 2.24) is 4.90 Å². The molecule has 186 valence electrons. The zero-order valence-corrected chi connectivity index (χ0v) is 21.6. The van der Waals surface area contributed by atoms with Crippen molar-refractivity contribution in [3.63, 3.8) is 0 Å². The van der Waals surface area contributed by atoms with Gasteiger partial charge in [-0.1, -0.05) is 29.8 Å². The number of carbonyl (C=O) groups is 2. The second-order valence-electron chi connectivity index (χ2n) is 8.94. The average molecular weight is 524 g/mol. The molecule has 2 aliphatic heterocycles. The van der Waals surface area contributed by atoms with Crippen LogP contribution < -0.4 is 9.80 Å². The highest BCUT2D eigenvalue weighted by molar-refractivity contribution is 7.91. The predicted molar refractivity (Wildman–Crippen MR) is 140 cm³/mol. The van der Waals surface area contributed by atoms with Crippen LogP contribution in [0.5, 0.6) is 0 Å². The molecule has 3 aromatic carbocycles. The molecule has 2 aliphatic rings. The quantitative estimate of drug-likeness (QED) is 0.507. The summed E-state index contributed by atoms with van der Waals surface area (Å²) in [6.45, 7) is 6.43. The molecule has 7 nitrogen and oxygen atoms in total. The van der Waals surface area contributed by atoms with Crippen LogP contribution in [0.2, 0.25) is 5.02 Å². The summed E-state index contributed by atoms with van der Waals surface area (Å²) in [4.78, 5) is 32.1. The predicted octanol–water partition coefficient (Wildman–Crippen LogP) is 4.42. The monoisotopic (exact) mass is 523 g/mol. The van der Waals surface area contributed by atoms with Gasteiger partial charge < -0.3 is 14.7 Å². The number of halogens is 1. The smallest absolute Gasteiger partial charge is 0.259 e. The second kappa shape index (κ2) is 9.26. The first-order valence-electron chi connectivity index (χ1n) is 11.8. The Morgan fingerprint density at radius 2 is 1.64 bits per heavy atom. The maximum absolute atomic E-state index is 13.4. The lowest BCUT2D eigenvalue weighted by atomic mass is 10.1. The first-order chi connectivity index (χ1) is 17.2. The van der Waals surface area contributed by atoms with Crippen molar-refractivity contribution in [3.05, 3.63) is 82.4 Å². The molecular formula is C27H26ClN3O4S. The molecule has 36 heavy (non-hydrogen) atoms. The van der Waals surface area contributed by atoms with Crippen LogP contribution in [0.25, 0.3) is 0 Å². The van der Waals surface area contributed by atoms with E-state index in [2.05, 4.69) is 4.90 Å². The summed E-state index contributed by atoms with van der Waals surface area (Å²) >= 11 is 6.19. The van der Waals surface area contributed by atoms with E-state index in [9.17, 15) is 18.0 Å². The van der Waals surface area contributed by atoms with Gasteiger partial charge in [0.2, 0.25) is 9.84 Å². The van der Waals surface area contributed by atoms with Gasteiger partial charge in [-0.3, -0.25) is 9.59 Å². The maximum atomic E-state index is 13.4. The van der Waals surface area contributed by atoms with Gasteiger partial charge in [-0.25, -0.2) is 8.42 Å². The van der Waals surface area contributed by atoms with E-state index in [1.807, 2.05) is 25.1 Å². The second-order valence-corrected chi connectivity index (χ2v) is 11.3. The van der Waals surface area contributed by atoms with Crippen LogP contribution in [-0.4, -0.2) is 57.9 Å². The summed E-state index contributed by atoms with van der Waals surface area (Å²) < 4.78 is 26.9. The van der Waals surface area contributed by atoms with Crippen LogP contribution >= 0.6 is 11.6 Å². The molecule has 1 fully saturated rings. The van der Waals surface area contributed by atoms with Gasteiger partial charge in [0.15, 0.2) is 0 Å². The highest BCUT2D eigenvalue weighted by Gasteiger charge is 2.36. The van der Waals surface area contributed by atoms with E-state index < -0.39 is 15.7 Å². The summed E-state index contributed by atoms with van der Waals surface area (Å²) in [5.41, 5.74) is 2.90. The molecule has 0 saturated carbocycles. The molecule has 3 aromatic rings. The fourth-order valence-electron chi connectivity index (χ4n) is 4.91. The molecular weight excluding hydrogens is 498 g/mol. The van der Waals surface area contributed by atoms with E-state index in [1.165, 1.54) is 29.2 Å². The van der Waals surface area contributed by atoms with Gasteiger partial charge >= 0.3 is 0 Å². The zero-order chi connectivity index (χ0) is 25.6. The number of aryl methyl sites for hydroxylation is 1. The maximum Gasteiger partial charge on any atom is 0.259 e. The van der Waals surface area contributed by atoms with Crippen molar-refractivity contribution in [1.29, 1.82) is 0 Å². The van der Waals surface area contributed by atoms with Crippen molar-refractivity contribution >= 4 is 44.6 Å². The lowest BCUT2D eigenvalue weighted by molar-refractivity contribution is 0.0746. The first-order valence-corrected chi connectivity index (χ1v) is 13.7. The number of nitrogens with zero attached hydrogens (tertiary/aromatic N) is 3. The highest BCUT2D eigenvalue weighted by atomic mass is 35.5. The van der Waals surface area contributed by atoms with E-state index in [1.54, 1.807) is 30.0 Å². The summed E-state index contributed by atoms with van der Waals surface area (Å²) in [6, 6.07) is 16.5. The fraction of sp³-hybridized carbons (Fsp3) is 0.259. The largest absolute Gasteiger partial charge is 0.368 e. The van der Waals surface area contributed by atoms with Crippen LogP contribution in [0.15, 0.2) is 70.5 Å². The molecule has 0 spiro atoms. The number of amides is 2. The number of benzene rings is 3. The lowest BCUT2D eigenvalue weighted by Crippen LogP contribution is -2.49. The SMILES string of the molecule is CCN1C(=O)c2ccccc2S(=O)(=O)c2ccc(C(=O)N3CCN(c4cc(Cl)ccc4C)CC3)cc21. The molecule has 0 aliphatic carbocycles. The number of anilines is 2. The number of sulfone groups is 1. The minimum absolute atomic E-state index is 0.0151. The van der Waals surface area contributed by atoms with Crippen LogP contribution in [-0.2, 0) is 9.84 Å². The van der Waals surface area contributed by atoms with Gasteiger partial charge in [0, 0.05) is 49.0 Å². The summed E-state index contributed by atoms with van der Waals surface area (Å²) in [5, 5.41) is 0.672. The van der Waals surface area contributed by atoms with Crippen molar-refractivity contribution < 1.29 is 18.0 Å². The Balaban J connectivity index is 1.44. The summed E-state index contributed by atoms with van der Waals surface area (Å²) in [5.74, 6) is -0.589. The van der Waals surface area contributed by atoms with E-state index >= 15 is 0 Å². The first kappa shape index (κ1) is 24.3. The van der Waals surface area contributed by atoms with Gasteiger partial charge in [0.05, 0.1) is 21.0 Å². The fourth-order valence-corrected chi connectivity index (χ4v) is 6.71. The molecule has 0 radical (unpaired) electrons.